The van der Waals surface area contributed by atoms with E-state index in [9.17, 15) is 9.59 Å². The summed E-state index contributed by atoms with van der Waals surface area (Å²) >= 11 is 0. The number of carbonyl (C=O) groups is 2. The Balaban J connectivity index is 1.48. The van der Waals surface area contributed by atoms with Gasteiger partial charge < -0.3 is 10.6 Å². The lowest BCUT2D eigenvalue weighted by Gasteiger charge is -2.05. The van der Waals surface area contributed by atoms with Gasteiger partial charge in [-0.15, -0.1) is 0 Å². The van der Waals surface area contributed by atoms with Crippen LogP contribution < -0.4 is 10.6 Å². The number of hydrogen-bond donors (Lipinski definition) is 2. The largest absolute Gasteiger partial charge is 0.353 e. The summed E-state index contributed by atoms with van der Waals surface area (Å²) in [4.78, 5) is 23.9. The van der Waals surface area contributed by atoms with Crippen LogP contribution in [0.4, 0.5) is 0 Å². The molecule has 0 spiro atoms. The Morgan fingerprint density at radius 2 is 0.943 bits per heavy atom. The van der Waals surface area contributed by atoms with Gasteiger partial charge in [0, 0.05) is 25.2 Å². The molecule has 2 N–H and O–H groups in total. The summed E-state index contributed by atoms with van der Waals surface area (Å²) in [5, 5.41) is 5.89. The van der Waals surface area contributed by atoms with E-state index in [1.807, 2.05) is 36.4 Å². The lowest BCUT2D eigenvalue weighted by molar-refractivity contribution is -0.117. The highest BCUT2D eigenvalue weighted by molar-refractivity contribution is 5.92. The molecular weight excluding hydrogens is 432 g/mol. The van der Waals surface area contributed by atoms with Crippen molar-refractivity contribution in [3.8, 4) is 0 Å². The zero-order valence-corrected chi connectivity index (χ0v) is 21.8. The summed E-state index contributed by atoms with van der Waals surface area (Å²) < 4.78 is 0. The van der Waals surface area contributed by atoms with Gasteiger partial charge in [0.25, 0.3) is 0 Å². The molecule has 0 saturated heterocycles. The molecule has 0 unspecified atom stereocenters. The Morgan fingerprint density at radius 1 is 0.600 bits per heavy atom. The summed E-state index contributed by atoms with van der Waals surface area (Å²) in [5.74, 6) is 0.917. The molecule has 0 aliphatic rings. The van der Waals surface area contributed by atoms with E-state index in [1.54, 1.807) is 12.2 Å². The van der Waals surface area contributed by atoms with Crippen molar-refractivity contribution < 1.29 is 9.59 Å². The first-order valence-corrected chi connectivity index (χ1v) is 13.0. The Bertz CT molecular complexity index is 875. The molecule has 2 aromatic rings. The van der Waals surface area contributed by atoms with Crippen LogP contribution in [0.2, 0.25) is 0 Å². The minimum atomic E-state index is -0.0513. The van der Waals surface area contributed by atoms with Gasteiger partial charge >= 0.3 is 0 Å². The number of benzene rings is 2. The fraction of sp³-hybridized carbons (Fsp3) is 0.419. The predicted octanol–water partition coefficient (Wildman–Crippen LogP) is 6.84. The molecule has 0 atom stereocenters. The number of hydrogen-bond acceptors (Lipinski definition) is 2. The molecule has 0 bridgehead atoms. The third-order valence-electron chi connectivity index (χ3n) is 6.01. The maximum atomic E-state index is 12.0. The second-order valence-electron chi connectivity index (χ2n) is 9.66. The second kappa shape index (κ2) is 15.7. The Labute approximate surface area is 211 Å². The van der Waals surface area contributed by atoms with Crippen LogP contribution in [0.5, 0.6) is 0 Å². The summed E-state index contributed by atoms with van der Waals surface area (Å²) in [6, 6.07) is 16.6. The molecule has 0 aromatic heterocycles. The number of rotatable bonds is 14. The van der Waals surface area contributed by atoms with Crippen LogP contribution in [0.15, 0.2) is 60.7 Å². The third-order valence-corrected chi connectivity index (χ3v) is 6.01. The van der Waals surface area contributed by atoms with Gasteiger partial charge in [-0.3, -0.25) is 9.59 Å². The van der Waals surface area contributed by atoms with Crippen molar-refractivity contribution in [1.82, 2.24) is 10.6 Å². The molecule has 0 aliphatic carbocycles. The number of amides is 2. The van der Waals surface area contributed by atoms with E-state index in [-0.39, 0.29) is 11.8 Å². The number of unbranched alkanes of at least 4 members (excludes halogenated alkanes) is 4. The van der Waals surface area contributed by atoms with Crippen molar-refractivity contribution in [3.63, 3.8) is 0 Å². The first kappa shape index (κ1) is 28.1. The summed E-state index contributed by atoms with van der Waals surface area (Å²) in [6.07, 6.45) is 12.1. The monoisotopic (exact) mass is 474 g/mol. The molecule has 2 rings (SSSR count). The van der Waals surface area contributed by atoms with Crippen molar-refractivity contribution >= 4 is 24.0 Å². The summed E-state index contributed by atoms with van der Waals surface area (Å²) in [6.45, 7) is 10.1. The molecule has 0 heterocycles. The van der Waals surface area contributed by atoms with E-state index in [2.05, 4.69) is 62.6 Å². The Hall–Kier alpha value is -3.14. The van der Waals surface area contributed by atoms with Crippen molar-refractivity contribution in [2.24, 2.45) is 0 Å². The van der Waals surface area contributed by atoms with Crippen molar-refractivity contribution in [2.45, 2.75) is 71.6 Å². The Morgan fingerprint density at radius 3 is 1.29 bits per heavy atom. The maximum Gasteiger partial charge on any atom is 0.243 e. The van der Waals surface area contributed by atoms with Gasteiger partial charge in [0.15, 0.2) is 0 Å². The molecule has 0 aliphatic heterocycles. The van der Waals surface area contributed by atoms with Gasteiger partial charge in [-0.2, -0.15) is 0 Å². The minimum Gasteiger partial charge on any atom is -0.353 e. The van der Waals surface area contributed by atoms with Crippen LogP contribution in [-0.4, -0.2) is 24.9 Å². The van der Waals surface area contributed by atoms with E-state index in [0.717, 1.165) is 43.2 Å². The van der Waals surface area contributed by atoms with Gasteiger partial charge in [-0.05, 0) is 59.1 Å². The SMILES string of the molecule is CC(C)c1ccc(/C=C/C(=O)NCCCCCCCNC(=O)/C=C/c2ccc(C(C)C)cc2)cc1. The highest BCUT2D eigenvalue weighted by Crippen LogP contribution is 2.16. The lowest BCUT2D eigenvalue weighted by atomic mass is 10.0. The van der Waals surface area contributed by atoms with E-state index >= 15 is 0 Å². The zero-order chi connectivity index (χ0) is 25.5. The normalized spacial score (nSPS) is 11.6. The number of nitrogens with one attached hydrogen (secondary N) is 2. The fourth-order valence-corrected chi connectivity index (χ4v) is 3.65. The van der Waals surface area contributed by atoms with Crippen LogP contribution in [-0.2, 0) is 9.59 Å². The number of carbonyl (C=O) groups excluding carboxylic acids is 2. The van der Waals surface area contributed by atoms with Gasteiger partial charge in [-0.25, -0.2) is 0 Å². The maximum absolute atomic E-state index is 12.0. The average molecular weight is 475 g/mol. The quantitative estimate of drug-likeness (QED) is 0.232. The van der Waals surface area contributed by atoms with Crippen molar-refractivity contribution in [3.05, 3.63) is 82.9 Å². The van der Waals surface area contributed by atoms with Crippen LogP contribution >= 0.6 is 0 Å². The predicted molar refractivity (Wildman–Crippen MR) is 148 cm³/mol. The van der Waals surface area contributed by atoms with Crippen LogP contribution in [0.25, 0.3) is 12.2 Å². The molecule has 0 radical (unpaired) electrons. The highest BCUT2D eigenvalue weighted by atomic mass is 16.2. The fourth-order valence-electron chi connectivity index (χ4n) is 3.65. The van der Waals surface area contributed by atoms with Gasteiger partial charge in [0.1, 0.15) is 0 Å². The lowest BCUT2D eigenvalue weighted by Crippen LogP contribution is -2.22. The minimum absolute atomic E-state index is 0.0513. The van der Waals surface area contributed by atoms with Crippen molar-refractivity contribution in [1.29, 1.82) is 0 Å². The molecule has 2 amide bonds. The van der Waals surface area contributed by atoms with Gasteiger partial charge in [0.2, 0.25) is 11.8 Å². The zero-order valence-electron chi connectivity index (χ0n) is 21.8. The third kappa shape index (κ3) is 11.7. The standard InChI is InChI=1S/C31H42N2O2/c1-24(2)28-16-10-26(11-17-28)14-20-30(34)32-22-8-6-5-7-9-23-33-31(35)21-15-27-12-18-29(19-13-27)25(3)4/h10-21,24-25H,5-9,22-23H2,1-4H3,(H,32,34)(H,33,35)/b20-14+,21-15+. The van der Waals surface area contributed by atoms with Gasteiger partial charge in [-0.1, -0.05) is 95.5 Å². The topological polar surface area (TPSA) is 58.2 Å². The molecule has 188 valence electrons. The van der Waals surface area contributed by atoms with Crippen molar-refractivity contribution in [2.75, 3.05) is 13.1 Å². The summed E-state index contributed by atoms with van der Waals surface area (Å²) in [5.41, 5.74) is 4.67. The molecule has 4 heteroatoms. The van der Waals surface area contributed by atoms with Crippen LogP contribution in [0.1, 0.15) is 93.9 Å². The molecule has 0 fully saturated rings. The van der Waals surface area contributed by atoms with Crippen LogP contribution in [0, 0.1) is 0 Å². The molecular formula is C31H42N2O2. The first-order valence-electron chi connectivity index (χ1n) is 13.0. The summed E-state index contributed by atoms with van der Waals surface area (Å²) in [7, 11) is 0. The highest BCUT2D eigenvalue weighted by Gasteiger charge is 2.00. The molecule has 2 aromatic carbocycles. The molecule has 0 saturated carbocycles. The average Bonchev–Trinajstić information content (AvgIpc) is 2.85. The second-order valence-corrected chi connectivity index (χ2v) is 9.66. The van der Waals surface area contributed by atoms with E-state index in [4.69, 9.17) is 0 Å². The van der Waals surface area contributed by atoms with E-state index in [1.165, 1.54) is 11.1 Å². The van der Waals surface area contributed by atoms with E-state index < -0.39 is 0 Å². The molecule has 35 heavy (non-hydrogen) atoms. The Kier molecular flexibility index (Phi) is 12.6. The first-order chi connectivity index (χ1) is 16.8. The van der Waals surface area contributed by atoms with Gasteiger partial charge in [0.05, 0.1) is 0 Å². The smallest absolute Gasteiger partial charge is 0.243 e. The van der Waals surface area contributed by atoms with Crippen LogP contribution in [0.3, 0.4) is 0 Å². The van der Waals surface area contributed by atoms with E-state index in [0.29, 0.717) is 24.9 Å². The molecule has 4 nitrogen and oxygen atoms in total.